The van der Waals surface area contributed by atoms with Crippen LogP contribution in [0.4, 0.5) is 0 Å². The summed E-state index contributed by atoms with van der Waals surface area (Å²) in [5, 5.41) is 1.88. The second kappa shape index (κ2) is 11.5. The van der Waals surface area contributed by atoms with Gasteiger partial charge in [0.2, 0.25) is 11.7 Å². The summed E-state index contributed by atoms with van der Waals surface area (Å²) < 4.78 is 11.7. The summed E-state index contributed by atoms with van der Waals surface area (Å²) in [5.41, 5.74) is 0.453. The van der Waals surface area contributed by atoms with Crippen LogP contribution in [0.15, 0.2) is 60.1 Å². The average molecular weight is 425 g/mol. The van der Waals surface area contributed by atoms with E-state index in [2.05, 4.69) is 24.0 Å². The number of hydrogen-bond donors (Lipinski definition) is 0. The summed E-state index contributed by atoms with van der Waals surface area (Å²) in [5.74, 6) is 1.65. The maximum absolute atomic E-state index is 12.7. The van der Waals surface area contributed by atoms with Crippen molar-refractivity contribution in [3.8, 4) is 17.4 Å². The third-order valence-electron chi connectivity index (χ3n) is 4.57. The Morgan fingerprint density at radius 3 is 2.47 bits per heavy atom. The van der Waals surface area contributed by atoms with E-state index in [-0.39, 0.29) is 5.78 Å². The molecule has 5 nitrogen and oxygen atoms in total. The van der Waals surface area contributed by atoms with Crippen molar-refractivity contribution in [3.63, 3.8) is 0 Å². The minimum atomic E-state index is -0.0846. The molecule has 0 N–H and O–H groups in total. The van der Waals surface area contributed by atoms with Crippen molar-refractivity contribution in [1.82, 2.24) is 9.88 Å². The number of nitrogens with zero attached hydrogens (tertiary/aromatic N) is 2. The molecule has 1 aromatic carbocycles. The van der Waals surface area contributed by atoms with Gasteiger partial charge >= 0.3 is 0 Å². The van der Waals surface area contributed by atoms with Crippen LogP contribution in [0.5, 0.6) is 17.4 Å². The molecule has 0 aliphatic carbocycles. The monoisotopic (exact) mass is 424 g/mol. The van der Waals surface area contributed by atoms with Crippen molar-refractivity contribution >= 4 is 17.1 Å². The number of benzene rings is 1. The van der Waals surface area contributed by atoms with Gasteiger partial charge in [-0.3, -0.25) is 4.79 Å². The molecular formula is C24H28N2O3S. The highest BCUT2D eigenvalue weighted by Crippen LogP contribution is 2.27. The number of ketones is 1. The van der Waals surface area contributed by atoms with Gasteiger partial charge in [-0.05, 0) is 81.3 Å². The van der Waals surface area contributed by atoms with Gasteiger partial charge in [-0.1, -0.05) is 18.9 Å². The lowest BCUT2D eigenvalue weighted by atomic mass is 10.1. The first-order chi connectivity index (χ1) is 14.6. The highest BCUT2D eigenvalue weighted by Gasteiger charge is 2.17. The molecule has 0 spiro atoms. The SMILES string of the molecule is CN(C)CCCCCCOc1ccc(Oc2ncccc2C(=O)c2cccs2)cc1. The van der Waals surface area contributed by atoms with Crippen LogP contribution in [0, 0.1) is 0 Å². The Kier molecular flexibility index (Phi) is 8.41. The Balaban J connectivity index is 1.50. The van der Waals surface area contributed by atoms with E-state index < -0.39 is 0 Å². The molecule has 0 amide bonds. The van der Waals surface area contributed by atoms with Gasteiger partial charge in [-0.15, -0.1) is 11.3 Å². The first-order valence-electron chi connectivity index (χ1n) is 10.2. The molecule has 0 radical (unpaired) electrons. The Morgan fingerprint density at radius 2 is 1.73 bits per heavy atom. The maximum atomic E-state index is 12.7. The van der Waals surface area contributed by atoms with E-state index in [1.54, 1.807) is 24.4 Å². The van der Waals surface area contributed by atoms with E-state index in [4.69, 9.17) is 9.47 Å². The lowest BCUT2D eigenvalue weighted by Gasteiger charge is -2.10. The molecule has 30 heavy (non-hydrogen) atoms. The van der Waals surface area contributed by atoms with Crippen LogP contribution < -0.4 is 9.47 Å². The first kappa shape index (κ1) is 22.0. The summed E-state index contributed by atoms with van der Waals surface area (Å²) in [4.78, 5) is 19.8. The molecule has 0 aliphatic heterocycles. The van der Waals surface area contributed by atoms with E-state index in [9.17, 15) is 4.79 Å². The maximum Gasteiger partial charge on any atom is 0.230 e. The van der Waals surface area contributed by atoms with Crippen LogP contribution in [0.3, 0.4) is 0 Å². The van der Waals surface area contributed by atoms with E-state index in [0.29, 0.717) is 28.7 Å². The van der Waals surface area contributed by atoms with Gasteiger partial charge in [0.1, 0.15) is 11.5 Å². The number of unbranched alkanes of at least 4 members (excludes halogenated alkanes) is 3. The molecule has 2 aromatic heterocycles. The molecular weight excluding hydrogens is 396 g/mol. The fraction of sp³-hybridized carbons (Fsp3) is 0.333. The van der Waals surface area contributed by atoms with Crippen molar-refractivity contribution in [3.05, 3.63) is 70.5 Å². The normalized spacial score (nSPS) is 10.9. The molecule has 6 heteroatoms. The highest BCUT2D eigenvalue weighted by molar-refractivity contribution is 7.12. The summed E-state index contributed by atoms with van der Waals surface area (Å²) in [7, 11) is 4.21. The number of hydrogen-bond acceptors (Lipinski definition) is 6. The molecule has 0 saturated heterocycles. The molecule has 3 rings (SSSR count). The van der Waals surface area contributed by atoms with E-state index >= 15 is 0 Å². The smallest absolute Gasteiger partial charge is 0.230 e. The van der Waals surface area contributed by atoms with Crippen molar-refractivity contribution in [2.24, 2.45) is 0 Å². The highest BCUT2D eigenvalue weighted by atomic mass is 32.1. The van der Waals surface area contributed by atoms with Gasteiger partial charge in [-0.2, -0.15) is 0 Å². The van der Waals surface area contributed by atoms with Crippen molar-refractivity contribution < 1.29 is 14.3 Å². The summed E-state index contributed by atoms with van der Waals surface area (Å²) in [6.07, 6.45) is 6.30. The van der Waals surface area contributed by atoms with E-state index in [1.807, 2.05) is 35.7 Å². The van der Waals surface area contributed by atoms with Crippen molar-refractivity contribution in [2.75, 3.05) is 27.2 Å². The third kappa shape index (κ3) is 6.68. The number of thiophene rings is 1. The predicted octanol–water partition coefficient (Wildman–Crippen LogP) is 5.67. The zero-order chi connectivity index (χ0) is 21.2. The van der Waals surface area contributed by atoms with Crippen LogP contribution >= 0.6 is 11.3 Å². The van der Waals surface area contributed by atoms with Crippen LogP contribution in [-0.2, 0) is 0 Å². The van der Waals surface area contributed by atoms with Gasteiger partial charge in [-0.25, -0.2) is 4.98 Å². The van der Waals surface area contributed by atoms with Crippen LogP contribution in [0.1, 0.15) is 40.9 Å². The number of carbonyl (C=O) groups is 1. The summed E-state index contributed by atoms with van der Waals surface area (Å²) in [6, 6.07) is 14.6. The fourth-order valence-electron chi connectivity index (χ4n) is 2.97. The van der Waals surface area contributed by atoms with Gasteiger partial charge in [0.15, 0.2) is 0 Å². The Morgan fingerprint density at radius 1 is 0.967 bits per heavy atom. The lowest BCUT2D eigenvalue weighted by molar-refractivity contribution is 0.103. The largest absolute Gasteiger partial charge is 0.494 e. The number of rotatable bonds is 12. The summed E-state index contributed by atoms with van der Waals surface area (Å²) >= 11 is 1.41. The Bertz CT molecular complexity index is 908. The molecule has 0 bridgehead atoms. The van der Waals surface area contributed by atoms with Crippen LogP contribution in [-0.4, -0.2) is 42.9 Å². The molecule has 0 atom stereocenters. The molecule has 0 unspecified atom stereocenters. The van der Waals surface area contributed by atoms with Gasteiger partial charge in [0.05, 0.1) is 17.0 Å². The number of aromatic nitrogens is 1. The van der Waals surface area contributed by atoms with Gasteiger partial charge < -0.3 is 14.4 Å². The quantitative estimate of drug-likeness (QED) is 0.277. The van der Waals surface area contributed by atoms with Crippen LogP contribution in [0.2, 0.25) is 0 Å². The van der Waals surface area contributed by atoms with Crippen LogP contribution in [0.25, 0.3) is 0 Å². The molecule has 3 aromatic rings. The minimum absolute atomic E-state index is 0.0846. The molecule has 158 valence electrons. The minimum Gasteiger partial charge on any atom is -0.494 e. The number of ether oxygens (including phenoxy) is 2. The molecule has 2 heterocycles. The summed E-state index contributed by atoms with van der Waals surface area (Å²) in [6.45, 7) is 1.85. The first-order valence-corrected chi connectivity index (χ1v) is 11.1. The second-order valence-corrected chi connectivity index (χ2v) is 8.25. The van der Waals surface area contributed by atoms with Gasteiger partial charge in [0, 0.05) is 6.20 Å². The molecule has 0 fully saturated rings. The lowest BCUT2D eigenvalue weighted by Crippen LogP contribution is -2.12. The molecule has 0 aliphatic rings. The zero-order valence-electron chi connectivity index (χ0n) is 17.5. The Hall–Kier alpha value is -2.70. The Labute approximate surface area is 182 Å². The van der Waals surface area contributed by atoms with Crippen molar-refractivity contribution in [2.45, 2.75) is 25.7 Å². The third-order valence-corrected chi connectivity index (χ3v) is 5.44. The molecule has 0 saturated carbocycles. The average Bonchev–Trinajstić information content (AvgIpc) is 3.29. The van der Waals surface area contributed by atoms with Crippen molar-refractivity contribution in [1.29, 1.82) is 0 Å². The predicted molar refractivity (Wildman–Crippen MR) is 121 cm³/mol. The van der Waals surface area contributed by atoms with E-state index in [0.717, 1.165) is 18.7 Å². The topological polar surface area (TPSA) is 51.7 Å². The fourth-order valence-corrected chi connectivity index (χ4v) is 3.65. The zero-order valence-corrected chi connectivity index (χ0v) is 18.4. The standard InChI is InChI=1S/C24H28N2O3S/c1-26(2)16-5-3-4-6-17-28-19-11-13-20(14-12-19)29-24-21(9-7-15-25-24)23(27)22-10-8-18-30-22/h7-15,18H,3-6,16-17H2,1-2H3. The number of carbonyl (C=O) groups excluding carboxylic acids is 1. The van der Waals surface area contributed by atoms with E-state index in [1.165, 1.54) is 30.6 Å². The van der Waals surface area contributed by atoms with Gasteiger partial charge in [0.25, 0.3) is 0 Å². The number of pyridine rings is 1. The second-order valence-electron chi connectivity index (χ2n) is 7.30.